The Hall–Kier alpha value is -0.570. The van der Waals surface area contributed by atoms with Gasteiger partial charge in [0, 0.05) is 12.7 Å². The van der Waals surface area contributed by atoms with Gasteiger partial charge in [-0.2, -0.15) is 0 Å². The smallest absolute Gasteiger partial charge is 0.0974 e. The SMILES string of the molecule is CCCCn1cc(CCl)nn1. The van der Waals surface area contributed by atoms with Crippen LogP contribution in [0.4, 0.5) is 0 Å². The molecule has 0 aliphatic rings. The lowest BCUT2D eigenvalue weighted by Crippen LogP contribution is -1.97. The summed E-state index contributed by atoms with van der Waals surface area (Å²) >= 11 is 5.56. The fourth-order valence-electron chi connectivity index (χ4n) is 0.829. The van der Waals surface area contributed by atoms with Gasteiger partial charge in [0.05, 0.1) is 11.6 Å². The standard InChI is InChI=1S/C7H12ClN3/c1-2-3-4-11-6-7(5-8)9-10-11/h6H,2-5H2,1H3. The molecule has 0 amide bonds. The van der Waals surface area contributed by atoms with Crippen molar-refractivity contribution in [1.29, 1.82) is 0 Å². The van der Waals surface area contributed by atoms with Crippen molar-refractivity contribution in [2.24, 2.45) is 0 Å². The minimum Gasteiger partial charge on any atom is -0.252 e. The summed E-state index contributed by atoms with van der Waals surface area (Å²) in [5.41, 5.74) is 0.850. The minimum absolute atomic E-state index is 0.451. The van der Waals surface area contributed by atoms with E-state index in [1.165, 1.54) is 6.42 Å². The number of halogens is 1. The maximum absolute atomic E-state index is 5.56. The van der Waals surface area contributed by atoms with E-state index in [9.17, 15) is 0 Å². The fraction of sp³-hybridized carbons (Fsp3) is 0.714. The van der Waals surface area contributed by atoms with Gasteiger partial charge >= 0.3 is 0 Å². The van der Waals surface area contributed by atoms with Crippen LogP contribution in [0.1, 0.15) is 25.5 Å². The minimum atomic E-state index is 0.451. The molecule has 1 rings (SSSR count). The van der Waals surface area contributed by atoms with Gasteiger partial charge in [-0.3, -0.25) is 4.68 Å². The number of alkyl halides is 1. The molecule has 4 heteroatoms. The van der Waals surface area contributed by atoms with Gasteiger partial charge in [0.15, 0.2) is 0 Å². The van der Waals surface area contributed by atoms with Crippen LogP contribution in [0.5, 0.6) is 0 Å². The molecule has 0 unspecified atom stereocenters. The van der Waals surface area contributed by atoms with Crippen molar-refractivity contribution in [1.82, 2.24) is 15.0 Å². The Morgan fingerprint density at radius 2 is 2.45 bits per heavy atom. The maximum Gasteiger partial charge on any atom is 0.0974 e. The summed E-state index contributed by atoms with van der Waals surface area (Å²) in [5, 5.41) is 7.78. The normalized spacial score (nSPS) is 10.4. The lowest BCUT2D eigenvalue weighted by molar-refractivity contribution is 0.553. The first kappa shape index (κ1) is 8.53. The molecule has 0 spiro atoms. The van der Waals surface area contributed by atoms with Crippen LogP contribution >= 0.6 is 11.6 Å². The van der Waals surface area contributed by atoms with E-state index < -0.39 is 0 Å². The molecule has 0 radical (unpaired) electrons. The van der Waals surface area contributed by atoms with Gasteiger partial charge in [-0.25, -0.2) is 0 Å². The van der Waals surface area contributed by atoms with E-state index in [-0.39, 0.29) is 0 Å². The van der Waals surface area contributed by atoms with E-state index in [2.05, 4.69) is 17.2 Å². The Bertz CT molecular complexity index is 209. The van der Waals surface area contributed by atoms with E-state index in [1.807, 2.05) is 10.9 Å². The predicted octanol–water partition coefficient (Wildman–Crippen LogP) is 1.82. The maximum atomic E-state index is 5.56. The zero-order chi connectivity index (χ0) is 8.10. The quantitative estimate of drug-likeness (QED) is 0.651. The van der Waals surface area contributed by atoms with Crippen molar-refractivity contribution in [3.63, 3.8) is 0 Å². The molecule has 1 heterocycles. The summed E-state index contributed by atoms with van der Waals surface area (Å²) < 4.78 is 1.83. The second kappa shape index (κ2) is 4.34. The number of unbranched alkanes of at least 4 members (excludes halogenated alkanes) is 1. The van der Waals surface area contributed by atoms with Crippen LogP contribution in [-0.2, 0) is 12.4 Å². The van der Waals surface area contributed by atoms with E-state index in [1.54, 1.807) is 0 Å². The molecule has 0 aliphatic carbocycles. The number of hydrogen-bond acceptors (Lipinski definition) is 2. The Balaban J connectivity index is 2.44. The third-order valence-corrected chi connectivity index (χ3v) is 1.74. The molecule has 62 valence electrons. The summed E-state index contributed by atoms with van der Waals surface area (Å²) in [4.78, 5) is 0. The highest BCUT2D eigenvalue weighted by molar-refractivity contribution is 6.16. The summed E-state index contributed by atoms with van der Waals surface area (Å²) in [7, 11) is 0. The fourth-order valence-corrected chi connectivity index (χ4v) is 0.952. The first-order valence-electron chi connectivity index (χ1n) is 3.81. The summed E-state index contributed by atoms with van der Waals surface area (Å²) in [6, 6.07) is 0. The average molecular weight is 174 g/mol. The van der Waals surface area contributed by atoms with Crippen molar-refractivity contribution in [2.75, 3.05) is 0 Å². The largest absolute Gasteiger partial charge is 0.252 e. The van der Waals surface area contributed by atoms with Crippen LogP contribution < -0.4 is 0 Å². The van der Waals surface area contributed by atoms with Crippen molar-refractivity contribution in [3.05, 3.63) is 11.9 Å². The first-order chi connectivity index (χ1) is 5.36. The molecule has 1 aromatic rings. The lowest BCUT2D eigenvalue weighted by Gasteiger charge is -1.94. The van der Waals surface area contributed by atoms with E-state index >= 15 is 0 Å². The molecule has 0 atom stereocenters. The van der Waals surface area contributed by atoms with Gasteiger partial charge in [0.2, 0.25) is 0 Å². The number of hydrogen-bond donors (Lipinski definition) is 0. The molecule has 1 aromatic heterocycles. The molecule has 0 fully saturated rings. The Morgan fingerprint density at radius 3 is 3.00 bits per heavy atom. The van der Waals surface area contributed by atoms with Gasteiger partial charge in [0.1, 0.15) is 0 Å². The monoisotopic (exact) mass is 173 g/mol. The zero-order valence-electron chi connectivity index (χ0n) is 6.63. The Kier molecular flexibility index (Phi) is 3.36. The number of aromatic nitrogens is 3. The average Bonchev–Trinajstić information content (AvgIpc) is 2.48. The zero-order valence-corrected chi connectivity index (χ0v) is 7.38. The third-order valence-electron chi connectivity index (χ3n) is 1.46. The van der Waals surface area contributed by atoms with Gasteiger partial charge in [0.25, 0.3) is 0 Å². The molecular weight excluding hydrogens is 162 g/mol. The van der Waals surface area contributed by atoms with Crippen molar-refractivity contribution in [3.8, 4) is 0 Å². The molecule has 11 heavy (non-hydrogen) atoms. The number of aryl methyl sites for hydroxylation is 1. The van der Waals surface area contributed by atoms with Crippen LogP contribution in [0.2, 0.25) is 0 Å². The van der Waals surface area contributed by atoms with E-state index in [0.717, 1.165) is 18.7 Å². The summed E-state index contributed by atoms with van der Waals surface area (Å²) in [5.74, 6) is 0.451. The molecule has 0 saturated heterocycles. The van der Waals surface area contributed by atoms with Crippen LogP contribution in [0.3, 0.4) is 0 Å². The topological polar surface area (TPSA) is 30.7 Å². The third kappa shape index (κ3) is 2.50. The van der Waals surface area contributed by atoms with Crippen LogP contribution in [-0.4, -0.2) is 15.0 Å². The molecule has 3 nitrogen and oxygen atoms in total. The first-order valence-corrected chi connectivity index (χ1v) is 4.35. The van der Waals surface area contributed by atoms with Crippen LogP contribution in [0.15, 0.2) is 6.20 Å². The summed E-state index contributed by atoms with van der Waals surface area (Å²) in [6.45, 7) is 3.10. The van der Waals surface area contributed by atoms with Crippen LogP contribution in [0.25, 0.3) is 0 Å². The highest BCUT2D eigenvalue weighted by Gasteiger charge is 1.96. The molecular formula is C7H12ClN3. The van der Waals surface area contributed by atoms with Crippen molar-refractivity contribution < 1.29 is 0 Å². The molecule has 0 bridgehead atoms. The van der Waals surface area contributed by atoms with E-state index in [0.29, 0.717) is 5.88 Å². The molecule has 0 saturated carbocycles. The van der Waals surface area contributed by atoms with Gasteiger partial charge in [-0.15, -0.1) is 16.7 Å². The van der Waals surface area contributed by atoms with Crippen LogP contribution in [0, 0.1) is 0 Å². The Labute approximate surface area is 71.4 Å². The highest BCUT2D eigenvalue weighted by Crippen LogP contribution is 1.98. The second-order valence-corrected chi connectivity index (χ2v) is 2.73. The molecule has 0 aromatic carbocycles. The van der Waals surface area contributed by atoms with Gasteiger partial charge in [-0.05, 0) is 6.42 Å². The van der Waals surface area contributed by atoms with Crippen molar-refractivity contribution >= 4 is 11.6 Å². The van der Waals surface area contributed by atoms with Gasteiger partial charge < -0.3 is 0 Å². The second-order valence-electron chi connectivity index (χ2n) is 2.46. The number of nitrogens with zero attached hydrogens (tertiary/aromatic N) is 3. The van der Waals surface area contributed by atoms with Crippen molar-refractivity contribution in [2.45, 2.75) is 32.2 Å². The molecule has 0 aliphatic heterocycles. The highest BCUT2D eigenvalue weighted by atomic mass is 35.5. The summed E-state index contributed by atoms with van der Waals surface area (Å²) in [6.07, 6.45) is 4.21. The number of rotatable bonds is 4. The Morgan fingerprint density at radius 1 is 1.64 bits per heavy atom. The molecule has 0 N–H and O–H groups in total. The predicted molar refractivity (Wildman–Crippen MR) is 44.5 cm³/mol. The van der Waals surface area contributed by atoms with Gasteiger partial charge in [-0.1, -0.05) is 18.6 Å². The van der Waals surface area contributed by atoms with E-state index in [4.69, 9.17) is 11.6 Å². The lowest BCUT2D eigenvalue weighted by atomic mass is 10.3.